The molecule has 2 aromatic rings. The van der Waals surface area contributed by atoms with E-state index >= 15 is 0 Å². The molecule has 0 spiro atoms. The van der Waals surface area contributed by atoms with Gasteiger partial charge in [0.05, 0.1) is 19.6 Å². The molecule has 0 aliphatic rings. The Morgan fingerprint density at radius 3 is 2.75 bits per heavy atom. The summed E-state index contributed by atoms with van der Waals surface area (Å²) in [5, 5.41) is 4.68. The maximum Gasteiger partial charge on any atom is 0.307 e. The van der Waals surface area contributed by atoms with Gasteiger partial charge in [-0.25, -0.2) is 0 Å². The molecule has 5 nitrogen and oxygen atoms in total. The summed E-state index contributed by atoms with van der Waals surface area (Å²) in [4.78, 5) is 24.4. The molecule has 1 unspecified atom stereocenters. The van der Waals surface area contributed by atoms with E-state index in [1.54, 1.807) is 19.1 Å². The van der Waals surface area contributed by atoms with Crippen LogP contribution in [0, 0.1) is 6.92 Å². The maximum atomic E-state index is 12.1. The highest BCUT2D eigenvalue weighted by Gasteiger charge is 2.21. The zero-order valence-electron chi connectivity index (χ0n) is 11.2. The van der Waals surface area contributed by atoms with Crippen molar-refractivity contribution in [2.45, 2.75) is 19.4 Å². The lowest BCUT2D eigenvalue weighted by Crippen LogP contribution is -2.29. The molecule has 0 aliphatic heterocycles. The normalized spacial score (nSPS) is 11.9. The molecule has 0 fully saturated rings. The number of nitrogens with one attached hydrogen (secondary N) is 1. The van der Waals surface area contributed by atoms with E-state index in [1.165, 1.54) is 18.4 Å². The second-order valence-corrected chi connectivity index (χ2v) is 5.21. The summed E-state index contributed by atoms with van der Waals surface area (Å²) in [6.07, 6.45) is 0.0858. The van der Waals surface area contributed by atoms with Gasteiger partial charge in [-0.15, -0.1) is 11.3 Å². The number of esters is 1. The highest BCUT2D eigenvalue weighted by molar-refractivity contribution is 7.10. The third-order valence-corrected chi connectivity index (χ3v) is 3.74. The predicted molar refractivity (Wildman–Crippen MR) is 74.6 cm³/mol. The van der Waals surface area contributed by atoms with Crippen LogP contribution in [0.2, 0.25) is 0 Å². The molecular formula is C14H15NO4S. The van der Waals surface area contributed by atoms with Gasteiger partial charge in [-0.3, -0.25) is 9.59 Å². The monoisotopic (exact) mass is 293 g/mol. The fourth-order valence-corrected chi connectivity index (χ4v) is 2.53. The first-order chi connectivity index (χ1) is 9.60. The molecule has 0 aromatic carbocycles. The Morgan fingerprint density at radius 1 is 1.40 bits per heavy atom. The average Bonchev–Trinajstić information content (AvgIpc) is 3.08. The third kappa shape index (κ3) is 3.48. The van der Waals surface area contributed by atoms with Crippen molar-refractivity contribution in [1.82, 2.24) is 5.32 Å². The summed E-state index contributed by atoms with van der Waals surface area (Å²) in [5.74, 6) is 0.171. The number of aryl methyl sites for hydroxylation is 1. The first-order valence-corrected chi connectivity index (χ1v) is 6.95. The van der Waals surface area contributed by atoms with Gasteiger partial charge in [0.25, 0.3) is 5.91 Å². The summed E-state index contributed by atoms with van der Waals surface area (Å²) < 4.78 is 9.93. The minimum Gasteiger partial charge on any atom is -0.469 e. The van der Waals surface area contributed by atoms with Crippen molar-refractivity contribution < 1.29 is 18.7 Å². The van der Waals surface area contributed by atoms with Gasteiger partial charge >= 0.3 is 5.97 Å². The van der Waals surface area contributed by atoms with E-state index in [0.29, 0.717) is 5.76 Å². The largest absolute Gasteiger partial charge is 0.469 e. The number of ether oxygens (including phenoxy) is 1. The van der Waals surface area contributed by atoms with Crippen molar-refractivity contribution >= 4 is 23.2 Å². The zero-order chi connectivity index (χ0) is 14.5. The Hall–Kier alpha value is -2.08. The van der Waals surface area contributed by atoms with E-state index in [1.807, 2.05) is 17.5 Å². The lowest BCUT2D eigenvalue weighted by Gasteiger charge is -2.15. The SMILES string of the molecule is COC(=O)CC(NC(=O)c1ccc(C)o1)c1cccs1. The first kappa shape index (κ1) is 14.3. The Labute approximate surface area is 120 Å². The zero-order valence-corrected chi connectivity index (χ0v) is 12.0. The molecule has 0 saturated heterocycles. The van der Waals surface area contributed by atoms with Crippen LogP contribution in [-0.2, 0) is 9.53 Å². The maximum absolute atomic E-state index is 12.1. The molecule has 6 heteroatoms. The van der Waals surface area contributed by atoms with Crippen LogP contribution in [-0.4, -0.2) is 19.0 Å². The van der Waals surface area contributed by atoms with Crippen molar-refractivity contribution in [3.05, 3.63) is 46.0 Å². The standard InChI is InChI=1S/C14H15NO4S/c1-9-5-6-11(19-9)14(17)15-10(8-13(16)18-2)12-4-3-7-20-12/h3-7,10H,8H2,1-2H3,(H,15,17). The van der Waals surface area contributed by atoms with Gasteiger partial charge < -0.3 is 14.5 Å². The Morgan fingerprint density at radius 2 is 2.20 bits per heavy atom. The number of amides is 1. The number of carbonyl (C=O) groups excluding carboxylic acids is 2. The summed E-state index contributed by atoms with van der Waals surface area (Å²) in [6.45, 7) is 1.77. The Kier molecular flexibility index (Phi) is 4.57. The summed E-state index contributed by atoms with van der Waals surface area (Å²) >= 11 is 1.47. The second kappa shape index (κ2) is 6.38. The molecule has 0 radical (unpaired) electrons. The quantitative estimate of drug-likeness (QED) is 0.861. The Bertz CT molecular complexity index is 588. The van der Waals surface area contributed by atoms with Crippen molar-refractivity contribution in [1.29, 1.82) is 0 Å². The van der Waals surface area contributed by atoms with Crippen LogP contribution >= 0.6 is 11.3 Å². The van der Waals surface area contributed by atoms with Crippen LogP contribution in [0.3, 0.4) is 0 Å². The topological polar surface area (TPSA) is 68.5 Å². The van der Waals surface area contributed by atoms with E-state index in [9.17, 15) is 9.59 Å². The predicted octanol–water partition coefficient (Wildman–Crippen LogP) is 2.68. The van der Waals surface area contributed by atoms with E-state index in [2.05, 4.69) is 10.1 Å². The fourth-order valence-electron chi connectivity index (χ4n) is 1.75. The average molecular weight is 293 g/mol. The first-order valence-electron chi connectivity index (χ1n) is 6.07. The number of hydrogen-bond donors (Lipinski definition) is 1. The van der Waals surface area contributed by atoms with Crippen molar-refractivity contribution in [3.8, 4) is 0 Å². The van der Waals surface area contributed by atoms with Gasteiger partial charge in [-0.2, -0.15) is 0 Å². The van der Waals surface area contributed by atoms with E-state index in [0.717, 1.165) is 4.88 Å². The van der Waals surface area contributed by atoms with Gasteiger partial charge in [-0.05, 0) is 30.5 Å². The summed E-state index contributed by atoms with van der Waals surface area (Å²) in [5.41, 5.74) is 0. The van der Waals surface area contributed by atoms with Crippen molar-refractivity contribution in [3.63, 3.8) is 0 Å². The minimum absolute atomic E-state index is 0.0858. The number of carbonyl (C=O) groups is 2. The van der Waals surface area contributed by atoms with Gasteiger partial charge in [0.2, 0.25) is 0 Å². The highest BCUT2D eigenvalue weighted by atomic mass is 32.1. The molecule has 106 valence electrons. The molecule has 0 saturated carbocycles. The van der Waals surface area contributed by atoms with Crippen molar-refractivity contribution in [2.24, 2.45) is 0 Å². The molecule has 2 heterocycles. The van der Waals surface area contributed by atoms with Gasteiger partial charge in [0, 0.05) is 4.88 Å². The number of thiophene rings is 1. The lowest BCUT2D eigenvalue weighted by molar-refractivity contribution is -0.141. The number of furan rings is 1. The third-order valence-electron chi connectivity index (χ3n) is 2.75. The van der Waals surface area contributed by atoms with Crippen LogP contribution in [0.4, 0.5) is 0 Å². The lowest BCUT2D eigenvalue weighted by atomic mass is 10.1. The van der Waals surface area contributed by atoms with E-state index in [-0.39, 0.29) is 24.1 Å². The molecule has 0 bridgehead atoms. The molecule has 1 N–H and O–H groups in total. The summed E-state index contributed by atoms with van der Waals surface area (Å²) in [6, 6.07) is 6.64. The number of hydrogen-bond acceptors (Lipinski definition) is 5. The highest BCUT2D eigenvalue weighted by Crippen LogP contribution is 2.23. The van der Waals surface area contributed by atoms with Gasteiger partial charge in [-0.1, -0.05) is 6.07 Å². The molecule has 1 amide bonds. The molecular weight excluding hydrogens is 278 g/mol. The fraction of sp³-hybridized carbons (Fsp3) is 0.286. The second-order valence-electron chi connectivity index (χ2n) is 4.23. The van der Waals surface area contributed by atoms with Crippen LogP contribution in [0.15, 0.2) is 34.1 Å². The van der Waals surface area contributed by atoms with Crippen LogP contribution < -0.4 is 5.32 Å². The molecule has 20 heavy (non-hydrogen) atoms. The molecule has 2 rings (SSSR count). The Balaban J connectivity index is 2.11. The minimum atomic E-state index is -0.416. The molecule has 1 atom stereocenters. The van der Waals surface area contributed by atoms with Crippen molar-refractivity contribution in [2.75, 3.05) is 7.11 Å². The van der Waals surface area contributed by atoms with Crippen LogP contribution in [0.1, 0.15) is 33.7 Å². The van der Waals surface area contributed by atoms with Gasteiger partial charge in [0.15, 0.2) is 5.76 Å². The number of rotatable bonds is 5. The molecule has 0 aliphatic carbocycles. The van der Waals surface area contributed by atoms with E-state index < -0.39 is 6.04 Å². The van der Waals surface area contributed by atoms with Crippen LogP contribution in [0.5, 0.6) is 0 Å². The number of methoxy groups -OCH3 is 1. The molecule has 2 aromatic heterocycles. The smallest absolute Gasteiger partial charge is 0.307 e. The van der Waals surface area contributed by atoms with E-state index in [4.69, 9.17) is 4.42 Å². The summed E-state index contributed by atoms with van der Waals surface area (Å²) in [7, 11) is 1.32. The van der Waals surface area contributed by atoms with Crippen LogP contribution in [0.25, 0.3) is 0 Å². The van der Waals surface area contributed by atoms with Gasteiger partial charge in [0.1, 0.15) is 5.76 Å².